The average molecular weight is 296 g/mol. The van der Waals surface area contributed by atoms with Crippen molar-refractivity contribution in [3.05, 3.63) is 11.7 Å². The molecule has 2 saturated heterocycles. The fourth-order valence-corrected chi connectivity index (χ4v) is 3.01. The summed E-state index contributed by atoms with van der Waals surface area (Å²) in [7, 11) is 0. The molecular weight excluding hydrogens is 272 g/mol. The SMILES string of the molecule is CC(C)c1nc(CN2CC(O)C(N3CCOCC3)C2)no1. The van der Waals surface area contributed by atoms with E-state index in [0.717, 1.165) is 32.8 Å². The van der Waals surface area contributed by atoms with E-state index >= 15 is 0 Å². The van der Waals surface area contributed by atoms with Gasteiger partial charge in [0.15, 0.2) is 5.82 Å². The number of likely N-dealkylation sites (tertiary alicyclic amines) is 1. The van der Waals surface area contributed by atoms with E-state index in [0.29, 0.717) is 24.8 Å². The summed E-state index contributed by atoms with van der Waals surface area (Å²) < 4.78 is 10.6. The van der Waals surface area contributed by atoms with E-state index in [-0.39, 0.29) is 18.1 Å². The molecule has 2 atom stereocenters. The summed E-state index contributed by atoms with van der Waals surface area (Å²) in [6, 6.07) is 0.186. The molecule has 21 heavy (non-hydrogen) atoms. The van der Waals surface area contributed by atoms with Gasteiger partial charge in [0.2, 0.25) is 5.89 Å². The second-order valence-electron chi connectivity index (χ2n) is 6.18. The molecule has 3 heterocycles. The highest BCUT2D eigenvalue weighted by Gasteiger charge is 2.36. The number of rotatable bonds is 4. The number of ether oxygens (including phenoxy) is 1. The lowest BCUT2D eigenvalue weighted by atomic mass is 10.2. The van der Waals surface area contributed by atoms with Crippen molar-refractivity contribution < 1.29 is 14.4 Å². The van der Waals surface area contributed by atoms with Crippen LogP contribution in [0.3, 0.4) is 0 Å². The number of aromatic nitrogens is 2. The minimum Gasteiger partial charge on any atom is -0.390 e. The van der Waals surface area contributed by atoms with Crippen molar-refractivity contribution in [3.8, 4) is 0 Å². The summed E-state index contributed by atoms with van der Waals surface area (Å²) in [4.78, 5) is 8.92. The highest BCUT2D eigenvalue weighted by Crippen LogP contribution is 2.20. The lowest BCUT2D eigenvalue weighted by Crippen LogP contribution is -2.48. The normalized spacial score (nSPS) is 28.6. The van der Waals surface area contributed by atoms with Crippen LogP contribution in [0.25, 0.3) is 0 Å². The molecule has 7 heteroatoms. The molecular formula is C14H24N4O3. The van der Waals surface area contributed by atoms with Crippen LogP contribution < -0.4 is 0 Å². The maximum atomic E-state index is 10.3. The van der Waals surface area contributed by atoms with Gasteiger partial charge in [-0.25, -0.2) is 0 Å². The van der Waals surface area contributed by atoms with Crippen LogP contribution in [0.1, 0.15) is 31.5 Å². The van der Waals surface area contributed by atoms with E-state index < -0.39 is 0 Å². The van der Waals surface area contributed by atoms with Gasteiger partial charge in [0.05, 0.1) is 25.9 Å². The molecule has 118 valence electrons. The summed E-state index contributed by atoms with van der Waals surface area (Å²) in [6.07, 6.45) is -0.320. The molecule has 0 radical (unpaired) electrons. The fraction of sp³-hybridized carbons (Fsp3) is 0.857. The maximum Gasteiger partial charge on any atom is 0.229 e. The Morgan fingerprint density at radius 2 is 2.05 bits per heavy atom. The van der Waals surface area contributed by atoms with Gasteiger partial charge in [0.1, 0.15) is 0 Å². The first-order valence-electron chi connectivity index (χ1n) is 7.68. The fourth-order valence-electron chi connectivity index (χ4n) is 3.01. The van der Waals surface area contributed by atoms with Gasteiger partial charge in [-0.3, -0.25) is 9.80 Å². The Morgan fingerprint density at radius 1 is 1.29 bits per heavy atom. The van der Waals surface area contributed by atoms with E-state index in [9.17, 15) is 5.11 Å². The largest absolute Gasteiger partial charge is 0.390 e. The Bertz CT molecular complexity index is 459. The van der Waals surface area contributed by atoms with Crippen molar-refractivity contribution in [2.45, 2.75) is 38.5 Å². The van der Waals surface area contributed by atoms with Gasteiger partial charge < -0.3 is 14.4 Å². The zero-order valence-electron chi connectivity index (χ0n) is 12.7. The quantitative estimate of drug-likeness (QED) is 0.842. The predicted molar refractivity (Wildman–Crippen MR) is 75.9 cm³/mol. The van der Waals surface area contributed by atoms with Gasteiger partial charge in [-0.05, 0) is 0 Å². The van der Waals surface area contributed by atoms with Gasteiger partial charge in [-0.15, -0.1) is 0 Å². The van der Waals surface area contributed by atoms with Crippen molar-refractivity contribution >= 4 is 0 Å². The first-order chi connectivity index (χ1) is 10.1. The number of hydrogen-bond acceptors (Lipinski definition) is 7. The Balaban J connectivity index is 1.57. The van der Waals surface area contributed by atoms with E-state index in [2.05, 4.69) is 19.9 Å². The van der Waals surface area contributed by atoms with Crippen LogP contribution in [-0.2, 0) is 11.3 Å². The summed E-state index contributed by atoms with van der Waals surface area (Å²) in [5, 5.41) is 14.3. The molecule has 0 bridgehead atoms. The van der Waals surface area contributed by atoms with E-state index in [1.165, 1.54) is 0 Å². The first-order valence-corrected chi connectivity index (χ1v) is 7.68. The second-order valence-corrected chi connectivity index (χ2v) is 6.18. The van der Waals surface area contributed by atoms with Crippen molar-refractivity contribution in [1.29, 1.82) is 0 Å². The Hall–Kier alpha value is -1.02. The minimum absolute atomic E-state index is 0.186. The molecule has 2 aliphatic heterocycles. The lowest BCUT2D eigenvalue weighted by molar-refractivity contribution is -0.00618. The van der Waals surface area contributed by atoms with Crippen LogP contribution in [-0.4, -0.2) is 76.6 Å². The standard InChI is InChI=1S/C14H24N4O3/c1-10(2)14-15-13(16-21-14)9-17-7-11(12(19)8-17)18-3-5-20-6-4-18/h10-12,19H,3-9H2,1-2H3. The molecule has 0 amide bonds. The lowest BCUT2D eigenvalue weighted by Gasteiger charge is -2.33. The van der Waals surface area contributed by atoms with Crippen LogP contribution in [0.4, 0.5) is 0 Å². The number of aliphatic hydroxyl groups is 1. The third kappa shape index (κ3) is 3.42. The number of nitrogens with zero attached hydrogens (tertiary/aromatic N) is 4. The number of β-amino-alcohol motifs (C(OH)–C–C–N with tert-alkyl or cyclic N) is 1. The highest BCUT2D eigenvalue weighted by molar-refractivity contribution is 4.96. The van der Waals surface area contributed by atoms with Gasteiger partial charge in [-0.1, -0.05) is 19.0 Å². The maximum absolute atomic E-state index is 10.3. The molecule has 1 aromatic heterocycles. The second kappa shape index (κ2) is 6.39. The van der Waals surface area contributed by atoms with E-state index in [1.807, 2.05) is 13.8 Å². The van der Waals surface area contributed by atoms with Crippen LogP contribution in [0.5, 0.6) is 0 Å². The third-order valence-electron chi connectivity index (χ3n) is 4.19. The molecule has 1 N–H and O–H groups in total. The molecule has 0 spiro atoms. The Kier molecular flexibility index (Phi) is 4.54. The Morgan fingerprint density at radius 3 is 2.71 bits per heavy atom. The van der Waals surface area contributed by atoms with Gasteiger partial charge in [-0.2, -0.15) is 4.98 Å². The van der Waals surface area contributed by atoms with Crippen LogP contribution in [0, 0.1) is 0 Å². The van der Waals surface area contributed by atoms with E-state index in [4.69, 9.17) is 9.26 Å². The third-order valence-corrected chi connectivity index (χ3v) is 4.19. The van der Waals surface area contributed by atoms with Crippen molar-refractivity contribution in [2.75, 3.05) is 39.4 Å². The van der Waals surface area contributed by atoms with Crippen LogP contribution in [0.15, 0.2) is 4.52 Å². The van der Waals surface area contributed by atoms with Crippen molar-refractivity contribution in [2.24, 2.45) is 0 Å². The summed E-state index contributed by atoms with van der Waals surface area (Å²) in [5.74, 6) is 1.62. The summed E-state index contributed by atoms with van der Waals surface area (Å²) in [5.41, 5.74) is 0. The van der Waals surface area contributed by atoms with Crippen molar-refractivity contribution in [1.82, 2.24) is 19.9 Å². The van der Waals surface area contributed by atoms with Gasteiger partial charge in [0.25, 0.3) is 0 Å². The van der Waals surface area contributed by atoms with Crippen LogP contribution in [0.2, 0.25) is 0 Å². The predicted octanol–water partition coefficient (Wildman–Crippen LogP) is 0.0703. The summed E-state index contributed by atoms with van der Waals surface area (Å²) >= 11 is 0. The zero-order chi connectivity index (χ0) is 14.8. The highest BCUT2D eigenvalue weighted by atomic mass is 16.5. The monoisotopic (exact) mass is 296 g/mol. The number of hydrogen-bond donors (Lipinski definition) is 1. The molecule has 2 fully saturated rings. The van der Waals surface area contributed by atoms with E-state index in [1.54, 1.807) is 0 Å². The molecule has 0 aromatic carbocycles. The average Bonchev–Trinajstić information content (AvgIpc) is 3.07. The molecule has 3 rings (SSSR count). The zero-order valence-corrected chi connectivity index (χ0v) is 12.7. The smallest absolute Gasteiger partial charge is 0.229 e. The topological polar surface area (TPSA) is 74.9 Å². The Labute approximate surface area is 124 Å². The molecule has 1 aromatic rings. The van der Waals surface area contributed by atoms with Gasteiger partial charge in [0, 0.05) is 38.1 Å². The minimum atomic E-state index is -0.320. The van der Waals surface area contributed by atoms with Gasteiger partial charge >= 0.3 is 0 Å². The molecule has 2 aliphatic rings. The molecule has 0 aliphatic carbocycles. The van der Waals surface area contributed by atoms with Crippen molar-refractivity contribution in [3.63, 3.8) is 0 Å². The number of morpholine rings is 1. The van der Waals surface area contributed by atoms with Crippen LogP contribution >= 0.6 is 0 Å². The molecule has 7 nitrogen and oxygen atoms in total. The summed E-state index contributed by atoms with van der Waals surface area (Å²) in [6.45, 7) is 9.51. The first kappa shape index (κ1) is 14.9. The number of aliphatic hydroxyl groups excluding tert-OH is 1. The molecule has 0 saturated carbocycles. The molecule has 2 unspecified atom stereocenters.